The van der Waals surface area contributed by atoms with Crippen LogP contribution in [0.5, 0.6) is 0 Å². The molecule has 2 rings (SSSR count). The summed E-state index contributed by atoms with van der Waals surface area (Å²) in [7, 11) is 0. The second kappa shape index (κ2) is 3.46. The second-order valence-corrected chi connectivity index (χ2v) is 2.82. The third kappa shape index (κ3) is 1.23. The molecule has 0 aliphatic carbocycles. The van der Waals surface area contributed by atoms with Crippen LogP contribution in [-0.4, -0.2) is 9.97 Å². The molecule has 0 N–H and O–H groups in total. The highest BCUT2D eigenvalue weighted by molar-refractivity contribution is 5.86. The molecule has 0 amide bonds. The van der Waals surface area contributed by atoms with Gasteiger partial charge in [0, 0.05) is 5.56 Å². The van der Waals surface area contributed by atoms with Gasteiger partial charge in [0.15, 0.2) is 5.58 Å². The van der Waals surface area contributed by atoms with Gasteiger partial charge in [-0.3, -0.25) is 0 Å². The van der Waals surface area contributed by atoms with E-state index in [0.29, 0.717) is 5.58 Å². The van der Waals surface area contributed by atoms with E-state index in [1.807, 2.05) is 19.1 Å². The van der Waals surface area contributed by atoms with Gasteiger partial charge in [-0.05, 0) is 13.0 Å². The molecule has 0 atom stereocenters. The molecule has 0 unspecified atom stereocenters. The Morgan fingerprint density at radius 1 is 1.50 bits per heavy atom. The van der Waals surface area contributed by atoms with Crippen molar-refractivity contribution in [3.05, 3.63) is 36.5 Å². The molecule has 0 aliphatic heterocycles. The van der Waals surface area contributed by atoms with E-state index in [9.17, 15) is 0 Å². The number of hydrogen-bond donors (Lipinski definition) is 0. The first-order valence-electron chi connectivity index (χ1n) is 4.34. The van der Waals surface area contributed by atoms with Gasteiger partial charge in [-0.15, -0.1) is 0 Å². The van der Waals surface area contributed by atoms with Crippen molar-refractivity contribution in [2.45, 2.75) is 6.92 Å². The van der Waals surface area contributed by atoms with E-state index < -0.39 is 0 Å². The SMILES string of the molecule is C=Cc1oc2cncnc2c1/C=C\C. The summed E-state index contributed by atoms with van der Waals surface area (Å²) in [6.45, 7) is 5.64. The van der Waals surface area contributed by atoms with E-state index >= 15 is 0 Å². The molecular weight excluding hydrogens is 176 g/mol. The minimum absolute atomic E-state index is 0.690. The van der Waals surface area contributed by atoms with Crippen LogP contribution in [0.4, 0.5) is 0 Å². The van der Waals surface area contributed by atoms with Gasteiger partial charge in [0.1, 0.15) is 17.6 Å². The first-order chi connectivity index (χ1) is 6.86. The number of aromatic nitrogens is 2. The molecule has 0 bridgehead atoms. The monoisotopic (exact) mass is 186 g/mol. The Kier molecular flexibility index (Phi) is 2.14. The van der Waals surface area contributed by atoms with Crippen molar-refractivity contribution in [3.8, 4) is 0 Å². The molecule has 14 heavy (non-hydrogen) atoms. The zero-order chi connectivity index (χ0) is 9.97. The fourth-order valence-corrected chi connectivity index (χ4v) is 1.36. The average Bonchev–Trinajstić information content (AvgIpc) is 2.58. The molecule has 0 aromatic carbocycles. The average molecular weight is 186 g/mol. The topological polar surface area (TPSA) is 38.9 Å². The molecule has 0 aliphatic rings. The first kappa shape index (κ1) is 8.69. The minimum atomic E-state index is 0.690. The lowest BCUT2D eigenvalue weighted by molar-refractivity contribution is 0.601. The van der Waals surface area contributed by atoms with Crippen LogP contribution in [0, 0.1) is 0 Å². The van der Waals surface area contributed by atoms with Crippen molar-refractivity contribution in [1.29, 1.82) is 0 Å². The predicted octanol–water partition coefficient (Wildman–Crippen LogP) is 2.90. The number of allylic oxidation sites excluding steroid dienone is 1. The third-order valence-corrected chi connectivity index (χ3v) is 1.94. The van der Waals surface area contributed by atoms with Gasteiger partial charge >= 0.3 is 0 Å². The van der Waals surface area contributed by atoms with Crippen LogP contribution in [-0.2, 0) is 0 Å². The van der Waals surface area contributed by atoms with E-state index in [-0.39, 0.29) is 0 Å². The summed E-state index contributed by atoms with van der Waals surface area (Å²) in [4.78, 5) is 8.06. The van der Waals surface area contributed by atoms with Crippen molar-refractivity contribution in [3.63, 3.8) is 0 Å². The summed E-state index contributed by atoms with van der Waals surface area (Å²) in [6.07, 6.45) is 8.74. The normalized spacial score (nSPS) is 11.2. The van der Waals surface area contributed by atoms with Crippen LogP contribution < -0.4 is 0 Å². The maximum atomic E-state index is 5.51. The summed E-state index contributed by atoms with van der Waals surface area (Å²) in [5, 5.41) is 0. The highest BCUT2D eigenvalue weighted by atomic mass is 16.3. The van der Waals surface area contributed by atoms with Crippen LogP contribution in [0.1, 0.15) is 18.2 Å². The van der Waals surface area contributed by atoms with Crippen LogP contribution in [0.2, 0.25) is 0 Å². The zero-order valence-electron chi connectivity index (χ0n) is 7.90. The van der Waals surface area contributed by atoms with Gasteiger partial charge in [-0.25, -0.2) is 9.97 Å². The lowest BCUT2D eigenvalue weighted by Crippen LogP contribution is -1.78. The van der Waals surface area contributed by atoms with E-state index in [2.05, 4.69) is 16.5 Å². The lowest BCUT2D eigenvalue weighted by atomic mass is 10.2. The van der Waals surface area contributed by atoms with Crippen molar-refractivity contribution < 1.29 is 4.42 Å². The van der Waals surface area contributed by atoms with Gasteiger partial charge in [-0.2, -0.15) is 0 Å². The van der Waals surface area contributed by atoms with Crippen LogP contribution >= 0.6 is 0 Å². The summed E-state index contributed by atoms with van der Waals surface area (Å²) in [6, 6.07) is 0. The van der Waals surface area contributed by atoms with Crippen LogP contribution in [0.15, 0.2) is 29.6 Å². The van der Waals surface area contributed by atoms with E-state index in [1.165, 1.54) is 6.33 Å². The fourth-order valence-electron chi connectivity index (χ4n) is 1.36. The molecule has 0 saturated heterocycles. The van der Waals surface area contributed by atoms with Gasteiger partial charge in [0.05, 0.1) is 6.20 Å². The highest BCUT2D eigenvalue weighted by Crippen LogP contribution is 2.25. The van der Waals surface area contributed by atoms with Crippen molar-refractivity contribution in [1.82, 2.24) is 9.97 Å². The van der Waals surface area contributed by atoms with Crippen molar-refractivity contribution in [2.75, 3.05) is 0 Å². The number of fused-ring (bicyclic) bond motifs is 1. The molecule has 2 heterocycles. The lowest BCUT2D eigenvalue weighted by Gasteiger charge is -1.88. The van der Waals surface area contributed by atoms with E-state index in [0.717, 1.165) is 16.8 Å². The Labute approximate surface area is 81.8 Å². The summed E-state index contributed by atoms with van der Waals surface area (Å²) >= 11 is 0. The molecule has 0 saturated carbocycles. The maximum Gasteiger partial charge on any atom is 0.172 e. The number of furan rings is 1. The summed E-state index contributed by atoms with van der Waals surface area (Å²) in [5.41, 5.74) is 2.48. The molecule has 0 radical (unpaired) electrons. The quantitative estimate of drug-likeness (QED) is 0.723. The summed E-state index contributed by atoms with van der Waals surface area (Å²) in [5.74, 6) is 0.735. The third-order valence-electron chi connectivity index (χ3n) is 1.94. The second-order valence-electron chi connectivity index (χ2n) is 2.82. The number of nitrogens with zero attached hydrogens (tertiary/aromatic N) is 2. The van der Waals surface area contributed by atoms with Crippen molar-refractivity contribution >= 4 is 23.3 Å². The fraction of sp³-hybridized carbons (Fsp3) is 0.0909. The van der Waals surface area contributed by atoms with E-state index in [4.69, 9.17) is 4.42 Å². The molecular formula is C11H10N2O. The smallest absolute Gasteiger partial charge is 0.172 e. The minimum Gasteiger partial charge on any atom is -0.453 e. The van der Waals surface area contributed by atoms with Crippen LogP contribution in [0.3, 0.4) is 0 Å². The Morgan fingerprint density at radius 3 is 3.07 bits per heavy atom. The first-order valence-corrected chi connectivity index (χ1v) is 4.34. The molecule has 0 fully saturated rings. The molecule has 2 aromatic rings. The van der Waals surface area contributed by atoms with Crippen LogP contribution in [0.25, 0.3) is 23.3 Å². The Hall–Kier alpha value is -1.90. The predicted molar refractivity (Wildman–Crippen MR) is 56.6 cm³/mol. The maximum absolute atomic E-state index is 5.51. The standard InChI is InChI=1S/C11H10N2O/c1-3-5-8-9(4-2)14-10-6-12-7-13-11(8)10/h3-7H,2H2,1H3/b5-3-. The Morgan fingerprint density at radius 2 is 2.36 bits per heavy atom. The molecule has 3 nitrogen and oxygen atoms in total. The largest absolute Gasteiger partial charge is 0.453 e. The molecule has 70 valence electrons. The van der Waals surface area contributed by atoms with Gasteiger partial charge in [0.25, 0.3) is 0 Å². The van der Waals surface area contributed by atoms with E-state index in [1.54, 1.807) is 12.3 Å². The zero-order valence-corrected chi connectivity index (χ0v) is 7.90. The van der Waals surface area contributed by atoms with Gasteiger partial charge in [0.2, 0.25) is 0 Å². The molecule has 3 heteroatoms. The molecule has 0 spiro atoms. The highest BCUT2D eigenvalue weighted by Gasteiger charge is 2.09. The number of hydrogen-bond acceptors (Lipinski definition) is 3. The molecule has 2 aromatic heterocycles. The van der Waals surface area contributed by atoms with Crippen molar-refractivity contribution in [2.24, 2.45) is 0 Å². The summed E-state index contributed by atoms with van der Waals surface area (Å²) < 4.78 is 5.51. The van der Waals surface area contributed by atoms with Gasteiger partial charge < -0.3 is 4.42 Å². The Balaban J connectivity index is 2.80. The Bertz CT molecular complexity index is 497. The van der Waals surface area contributed by atoms with Gasteiger partial charge in [-0.1, -0.05) is 18.7 Å². The number of rotatable bonds is 2.